The number of sulfone groups is 1. The number of carbonyl (C=O) groups is 2. The minimum atomic E-state index is -3.74. The summed E-state index contributed by atoms with van der Waals surface area (Å²) in [6, 6.07) is 2.07. The van der Waals surface area contributed by atoms with Gasteiger partial charge in [0.15, 0.2) is 9.84 Å². The van der Waals surface area contributed by atoms with E-state index in [4.69, 9.17) is 5.11 Å². The number of benzene rings is 1. The average Bonchev–Trinajstić information content (AvgIpc) is 2.35. The Balaban J connectivity index is 3.18. The molecular weight excluding hydrogens is 316 g/mol. The van der Waals surface area contributed by atoms with Crippen LogP contribution in [0.15, 0.2) is 23.1 Å². The number of non-ortho nitro benzene ring substituents is 1. The second-order valence-corrected chi connectivity index (χ2v) is 6.73. The van der Waals surface area contributed by atoms with Crippen molar-refractivity contribution in [2.45, 2.75) is 24.3 Å². The molecule has 0 spiro atoms. The first-order valence-corrected chi connectivity index (χ1v) is 7.92. The summed E-state index contributed by atoms with van der Waals surface area (Å²) in [4.78, 5) is 32.2. The molecule has 1 amide bonds. The number of carboxylic acids is 1. The second kappa shape index (κ2) is 6.52. The summed E-state index contributed by atoms with van der Waals surface area (Å²) in [7, 11) is -3.74. The zero-order valence-corrected chi connectivity index (χ0v) is 12.6. The molecule has 0 saturated heterocycles. The van der Waals surface area contributed by atoms with E-state index in [9.17, 15) is 28.1 Å². The van der Waals surface area contributed by atoms with E-state index in [0.717, 1.165) is 24.5 Å². The van der Waals surface area contributed by atoms with Gasteiger partial charge >= 0.3 is 5.97 Å². The number of hydrogen-bond acceptors (Lipinski definition) is 6. The van der Waals surface area contributed by atoms with E-state index < -0.39 is 38.4 Å². The summed E-state index contributed by atoms with van der Waals surface area (Å²) in [5.41, 5.74) is -0.772. The van der Waals surface area contributed by atoms with Gasteiger partial charge in [-0.1, -0.05) is 0 Å². The number of nitro groups is 1. The van der Waals surface area contributed by atoms with Gasteiger partial charge < -0.3 is 10.4 Å². The number of rotatable bonds is 6. The first-order valence-electron chi connectivity index (χ1n) is 6.03. The molecule has 0 fully saturated rings. The quantitative estimate of drug-likeness (QED) is 0.573. The van der Waals surface area contributed by atoms with Crippen LogP contribution >= 0.6 is 0 Å². The molecule has 1 rings (SSSR count). The zero-order valence-electron chi connectivity index (χ0n) is 11.8. The average molecular weight is 330 g/mol. The van der Waals surface area contributed by atoms with Crippen LogP contribution in [0.4, 0.5) is 5.69 Å². The number of nitrogens with one attached hydrogen (secondary N) is 1. The molecule has 0 bridgehead atoms. The lowest BCUT2D eigenvalue weighted by atomic mass is 10.1. The maximum absolute atomic E-state index is 12.0. The number of nitro benzene ring substituents is 1. The lowest BCUT2D eigenvalue weighted by Crippen LogP contribution is -2.34. The summed E-state index contributed by atoms with van der Waals surface area (Å²) in [5.74, 6) is -1.91. The van der Waals surface area contributed by atoms with Gasteiger partial charge in [-0.2, -0.15) is 0 Å². The van der Waals surface area contributed by atoms with Crippen molar-refractivity contribution < 1.29 is 28.0 Å². The molecule has 22 heavy (non-hydrogen) atoms. The zero-order chi connectivity index (χ0) is 17.1. The summed E-state index contributed by atoms with van der Waals surface area (Å²) < 4.78 is 23.0. The van der Waals surface area contributed by atoms with E-state index in [1.165, 1.54) is 6.92 Å². The van der Waals surface area contributed by atoms with Crippen LogP contribution in [0.2, 0.25) is 0 Å². The first-order chi connectivity index (χ1) is 10.0. The molecule has 10 heteroatoms. The third-order valence-corrected chi connectivity index (χ3v) is 3.74. The molecule has 0 aliphatic rings. The third-order valence-electron chi connectivity index (χ3n) is 2.65. The van der Waals surface area contributed by atoms with Crippen LogP contribution in [0.5, 0.6) is 0 Å². The fraction of sp³-hybridized carbons (Fsp3) is 0.333. The number of carboxylic acid groups (broad SMARTS) is 1. The van der Waals surface area contributed by atoms with Crippen molar-refractivity contribution in [1.82, 2.24) is 5.32 Å². The molecule has 0 aromatic heterocycles. The first kappa shape index (κ1) is 17.6. The summed E-state index contributed by atoms with van der Waals surface area (Å²) >= 11 is 0. The second-order valence-electron chi connectivity index (χ2n) is 4.72. The highest BCUT2D eigenvalue weighted by molar-refractivity contribution is 7.90. The molecule has 0 saturated carbocycles. The normalized spacial score (nSPS) is 12.5. The van der Waals surface area contributed by atoms with Crippen molar-refractivity contribution >= 4 is 27.4 Å². The molecule has 1 atom stereocenters. The van der Waals surface area contributed by atoms with E-state index in [-0.39, 0.29) is 16.9 Å². The molecule has 2 N–H and O–H groups in total. The predicted molar refractivity (Wildman–Crippen MR) is 75.4 cm³/mol. The number of amides is 1. The van der Waals surface area contributed by atoms with Crippen molar-refractivity contribution in [2.75, 3.05) is 6.26 Å². The van der Waals surface area contributed by atoms with Crippen LogP contribution < -0.4 is 5.32 Å². The van der Waals surface area contributed by atoms with Crippen molar-refractivity contribution in [3.05, 3.63) is 33.9 Å². The fourth-order valence-electron chi connectivity index (χ4n) is 1.65. The van der Waals surface area contributed by atoms with E-state index in [1.54, 1.807) is 0 Å². The van der Waals surface area contributed by atoms with Gasteiger partial charge in [0.2, 0.25) is 0 Å². The Morgan fingerprint density at radius 3 is 2.41 bits per heavy atom. The van der Waals surface area contributed by atoms with Crippen LogP contribution in [-0.2, 0) is 14.6 Å². The van der Waals surface area contributed by atoms with Crippen LogP contribution in [0.1, 0.15) is 23.7 Å². The molecule has 1 unspecified atom stereocenters. The standard InChI is InChI=1S/C12H14N2O7S/c1-7(3-11(15)16)13-12(17)8-4-9(14(18)19)6-10(5-8)22(2,20)21/h4-7H,3H2,1-2H3,(H,13,17)(H,15,16). The van der Waals surface area contributed by atoms with Crippen molar-refractivity contribution in [1.29, 1.82) is 0 Å². The monoisotopic (exact) mass is 330 g/mol. The number of nitrogens with zero attached hydrogens (tertiary/aromatic N) is 1. The topological polar surface area (TPSA) is 144 Å². The Hall–Kier alpha value is -2.49. The smallest absolute Gasteiger partial charge is 0.305 e. The van der Waals surface area contributed by atoms with Crippen molar-refractivity contribution in [3.8, 4) is 0 Å². The van der Waals surface area contributed by atoms with Gasteiger partial charge in [-0.15, -0.1) is 0 Å². The highest BCUT2D eigenvalue weighted by atomic mass is 32.2. The van der Waals surface area contributed by atoms with Crippen LogP contribution in [0, 0.1) is 10.1 Å². The predicted octanol–water partition coefficient (Wildman–Crippen LogP) is 0.591. The minimum Gasteiger partial charge on any atom is -0.481 e. The van der Waals surface area contributed by atoms with Crippen molar-refractivity contribution in [3.63, 3.8) is 0 Å². The van der Waals surface area contributed by atoms with Crippen LogP contribution in [0.3, 0.4) is 0 Å². The minimum absolute atomic E-state index is 0.230. The van der Waals surface area contributed by atoms with Crippen LogP contribution in [0.25, 0.3) is 0 Å². The lowest BCUT2D eigenvalue weighted by Gasteiger charge is -2.12. The summed E-state index contributed by atoms with van der Waals surface area (Å²) in [6.45, 7) is 1.45. The maximum Gasteiger partial charge on any atom is 0.305 e. The van der Waals surface area contributed by atoms with Gasteiger partial charge in [-0.3, -0.25) is 19.7 Å². The lowest BCUT2D eigenvalue weighted by molar-refractivity contribution is -0.385. The Morgan fingerprint density at radius 1 is 1.36 bits per heavy atom. The number of aliphatic carboxylic acids is 1. The summed E-state index contributed by atoms with van der Waals surface area (Å²) in [5, 5.41) is 21.8. The molecule has 1 aromatic rings. The number of carbonyl (C=O) groups excluding carboxylic acids is 1. The fourth-order valence-corrected chi connectivity index (χ4v) is 2.33. The molecule has 1 aromatic carbocycles. The Morgan fingerprint density at radius 2 is 1.95 bits per heavy atom. The molecule has 120 valence electrons. The molecule has 0 radical (unpaired) electrons. The third kappa shape index (κ3) is 4.81. The SMILES string of the molecule is CC(CC(=O)O)NC(=O)c1cc([N+](=O)[O-])cc(S(C)(=O)=O)c1. The molecular formula is C12H14N2O7S. The van der Waals surface area contributed by atoms with Gasteiger partial charge in [0, 0.05) is 30.0 Å². The number of hydrogen-bond donors (Lipinski definition) is 2. The molecule has 0 aliphatic heterocycles. The Labute approximate surface area is 126 Å². The largest absolute Gasteiger partial charge is 0.481 e. The molecule has 0 aliphatic carbocycles. The summed E-state index contributed by atoms with van der Waals surface area (Å²) in [6.07, 6.45) is 0.528. The Kier molecular flexibility index (Phi) is 5.20. The van der Waals surface area contributed by atoms with E-state index >= 15 is 0 Å². The van der Waals surface area contributed by atoms with Gasteiger partial charge in [-0.05, 0) is 13.0 Å². The van der Waals surface area contributed by atoms with Gasteiger partial charge in [0.25, 0.3) is 11.6 Å². The van der Waals surface area contributed by atoms with E-state index in [0.29, 0.717) is 0 Å². The van der Waals surface area contributed by atoms with Gasteiger partial charge in [0.1, 0.15) is 0 Å². The van der Waals surface area contributed by atoms with E-state index in [2.05, 4.69) is 5.32 Å². The maximum atomic E-state index is 12.0. The highest BCUT2D eigenvalue weighted by Gasteiger charge is 2.20. The highest BCUT2D eigenvalue weighted by Crippen LogP contribution is 2.21. The van der Waals surface area contributed by atoms with Gasteiger partial charge in [-0.25, -0.2) is 8.42 Å². The van der Waals surface area contributed by atoms with Crippen LogP contribution in [-0.4, -0.2) is 42.6 Å². The Bertz CT molecular complexity index is 727. The van der Waals surface area contributed by atoms with Crippen molar-refractivity contribution in [2.24, 2.45) is 0 Å². The van der Waals surface area contributed by atoms with Gasteiger partial charge in [0.05, 0.1) is 16.2 Å². The molecule has 9 nitrogen and oxygen atoms in total. The molecule has 0 heterocycles. The van der Waals surface area contributed by atoms with E-state index in [1.807, 2.05) is 0 Å².